The second kappa shape index (κ2) is 5.30. The number of carboxylic acid groups (broad SMARTS) is 1. The van der Waals surface area contributed by atoms with E-state index in [9.17, 15) is 14.9 Å². The number of anilines is 1. The van der Waals surface area contributed by atoms with Crippen LogP contribution in [-0.2, 0) is 4.79 Å². The van der Waals surface area contributed by atoms with Crippen LogP contribution in [0.5, 0.6) is 0 Å². The summed E-state index contributed by atoms with van der Waals surface area (Å²) in [5.41, 5.74) is 0.00110. The molecule has 0 saturated carbocycles. The summed E-state index contributed by atoms with van der Waals surface area (Å²) in [6.45, 7) is 0.212. The van der Waals surface area contributed by atoms with Crippen molar-refractivity contribution in [3.05, 3.63) is 40.6 Å². The van der Waals surface area contributed by atoms with Crippen LogP contribution in [0.25, 0.3) is 10.8 Å². The lowest BCUT2D eigenvalue weighted by molar-refractivity contribution is -0.383. The minimum absolute atomic E-state index is 0.00110. The van der Waals surface area contributed by atoms with Crippen molar-refractivity contribution in [3.8, 4) is 0 Å². The predicted molar refractivity (Wildman–Crippen MR) is 69.1 cm³/mol. The smallest absolute Gasteiger partial charge is 0.305 e. The van der Waals surface area contributed by atoms with Gasteiger partial charge in [0, 0.05) is 24.2 Å². The van der Waals surface area contributed by atoms with Gasteiger partial charge in [-0.2, -0.15) is 0 Å². The molecule has 0 saturated heterocycles. The zero-order valence-corrected chi connectivity index (χ0v) is 9.87. The fraction of sp³-hybridized carbons (Fsp3) is 0.167. The standard InChI is InChI=1S/C12H11N3O4/c16-11(17)5-7-14-12-9-2-1-3-10(15(18)19)8(9)4-6-13-12/h1-4,6H,5,7H2,(H,13,14)(H,16,17). The average molecular weight is 261 g/mol. The maximum absolute atomic E-state index is 10.9. The third kappa shape index (κ3) is 2.76. The first-order valence-electron chi connectivity index (χ1n) is 5.57. The highest BCUT2D eigenvalue weighted by molar-refractivity contribution is 5.97. The molecule has 19 heavy (non-hydrogen) atoms. The largest absolute Gasteiger partial charge is 0.481 e. The maximum Gasteiger partial charge on any atom is 0.305 e. The first kappa shape index (κ1) is 12.7. The molecule has 0 atom stereocenters. The van der Waals surface area contributed by atoms with Crippen molar-refractivity contribution < 1.29 is 14.8 Å². The number of fused-ring (bicyclic) bond motifs is 1. The molecule has 0 aliphatic rings. The summed E-state index contributed by atoms with van der Waals surface area (Å²) < 4.78 is 0. The first-order valence-corrected chi connectivity index (χ1v) is 5.57. The molecule has 7 heteroatoms. The molecule has 0 aliphatic carbocycles. The third-order valence-electron chi connectivity index (χ3n) is 2.61. The van der Waals surface area contributed by atoms with Gasteiger partial charge in [0.15, 0.2) is 0 Å². The molecule has 1 aromatic carbocycles. The molecule has 0 bridgehead atoms. The van der Waals surface area contributed by atoms with Gasteiger partial charge in [-0.05, 0) is 6.07 Å². The first-order chi connectivity index (χ1) is 9.09. The number of nitro benzene ring substituents is 1. The molecule has 1 heterocycles. The Morgan fingerprint density at radius 1 is 1.37 bits per heavy atom. The predicted octanol–water partition coefficient (Wildman–Crippen LogP) is 2.03. The van der Waals surface area contributed by atoms with E-state index in [1.165, 1.54) is 12.3 Å². The van der Waals surface area contributed by atoms with E-state index in [1.54, 1.807) is 18.2 Å². The summed E-state index contributed by atoms with van der Waals surface area (Å²) in [4.78, 5) is 25.0. The number of benzene rings is 1. The molecular formula is C12H11N3O4. The Bertz CT molecular complexity index is 642. The average Bonchev–Trinajstić information content (AvgIpc) is 2.37. The van der Waals surface area contributed by atoms with Crippen molar-refractivity contribution >= 4 is 28.2 Å². The summed E-state index contributed by atoms with van der Waals surface area (Å²) in [6.07, 6.45) is 1.41. The Labute approximate surface area is 108 Å². The number of carbonyl (C=O) groups is 1. The second-order valence-corrected chi connectivity index (χ2v) is 3.86. The van der Waals surface area contributed by atoms with Crippen molar-refractivity contribution in [2.24, 2.45) is 0 Å². The number of nitro groups is 1. The van der Waals surface area contributed by atoms with Gasteiger partial charge in [0.05, 0.1) is 16.7 Å². The summed E-state index contributed by atoms with van der Waals surface area (Å²) in [5, 5.41) is 23.4. The van der Waals surface area contributed by atoms with Crippen LogP contribution < -0.4 is 5.32 Å². The third-order valence-corrected chi connectivity index (χ3v) is 2.61. The molecular weight excluding hydrogens is 250 g/mol. The molecule has 0 unspecified atom stereocenters. The number of aliphatic carboxylic acids is 1. The number of non-ortho nitro benzene ring substituents is 1. The SMILES string of the molecule is O=C(O)CCNc1nccc2c([N+](=O)[O-])cccc12. The number of nitrogens with one attached hydrogen (secondary N) is 1. The highest BCUT2D eigenvalue weighted by Gasteiger charge is 2.13. The molecule has 0 radical (unpaired) electrons. The van der Waals surface area contributed by atoms with Crippen molar-refractivity contribution in [1.29, 1.82) is 0 Å². The van der Waals surface area contributed by atoms with E-state index in [0.29, 0.717) is 16.6 Å². The minimum atomic E-state index is -0.918. The van der Waals surface area contributed by atoms with Gasteiger partial charge >= 0.3 is 5.97 Å². The summed E-state index contributed by atoms with van der Waals surface area (Å²) >= 11 is 0. The highest BCUT2D eigenvalue weighted by atomic mass is 16.6. The lowest BCUT2D eigenvalue weighted by atomic mass is 10.1. The van der Waals surface area contributed by atoms with Crippen LogP contribution in [-0.4, -0.2) is 27.5 Å². The fourth-order valence-corrected chi connectivity index (χ4v) is 1.78. The Morgan fingerprint density at radius 2 is 2.16 bits per heavy atom. The summed E-state index contributed by atoms with van der Waals surface area (Å²) in [7, 11) is 0. The quantitative estimate of drug-likeness (QED) is 0.630. The van der Waals surface area contributed by atoms with E-state index in [2.05, 4.69) is 10.3 Å². The second-order valence-electron chi connectivity index (χ2n) is 3.86. The van der Waals surface area contributed by atoms with Gasteiger partial charge in [0.2, 0.25) is 0 Å². The van der Waals surface area contributed by atoms with Gasteiger partial charge in [0.1, 0.15) is 5.82 Å². The van der Waals surface area contributed by atoms with Crippen LogP contribution in [0.1, 0.15) is 6.42 Å². The van der Waals surface area contributed by atoms with Crippen molar-refractivity contribution in [2.45, 2.75) is 6.42 Å². The molecule has 2 N–H and O–H groups in total. The Hall–Kier alpha value is -2.70. The summed E-state index contributed by atoms with van der Waals surface area (Å²) in [5.74, 6) is -0.471. The van der Waals surface area contributed by atoms with Crippen LogP contribution in [0.4, 0.5) is 11.5 Å². The molecule has 1 aromatic heterocycles. The monoisotopic (exact) mass is 261 g/mol. The van der Waals surface area contributed by atoms with E-state index in [0.717, 1.165) is 0 Å². The van der Waals surface area contributed by atoms with E-state index in [-0.39, 0.29) is 18.7 Å². The molecule has 2 rings (SSSR count). The van der Waals surface area contributed by atoms with Gasteiger partial charge in [0.25, 0.3) is 5.69 Å². The maximum atomic E-state index is 10.9. The van der Waals surface area contributed by atoms with Gasteiger partial charge in [-0.1, -0.05) is 12.1 Å². The van der Waals surface area contributed by atoms with Crippen LogP contribution in [0.2, 0.25) is 0 Å². The van der Waals surface area contributed by atoms with Crippen molar-refractivity contribution in [3.63, 3.8) is 0 Å². The Balaban J connectivity index is 2.38. The zero-order valence-electron chi connectivity index (χ0n) is 9.87. The van der Waals surface area contributed by atoms with Gasteiger partial charge in [-0.3, -0.25) is 14.9 Å². The zero-order chi connectivity index (χ0) is 13.8. The highest BCUT2D eigenvalue weighted by Crippen LogP contribution is 2.28. The molecule has 98 valence electrons. The minimum Gasteiger partial charge on any atom is -0.481 e. The molecule has 0 aliphatic heterocycles. The number of hydrogen-bond donors (Lipinski definition) is 2. The van der Waals surface area contributed by atoms with Gasteiger partial charge in [-0.25, -0.2) is 4.98 Å². The molecule has 7 nitrogen and oxygen atoms in total. The van der Waals surface area contributed by atoms with Gasteiger partial charge < -0.3 is 10.4 Å². The van der Waals surface area contributed by atoms with E-state index in [4.69, 9.17) is 5.11 Å². The van der Waals surface area contributed by atoms with E-state index >= 15 is 0 Å². The number of aromatic nitrogens is 1. The van der Waals surface area contributed by atoms with Gasteiger partial charge in [-0.15, -0.1) is 0 Å². The normalized spacial score (nSPS) is 10.3. The number of carboxylic acids is 1. The lowest BCUT2D eigenvalue weighted by Gasteiger charge is -2.07. The van der Waals surface area contributed by atoms with Crippen LogP contribution in [0.3, 0.4) is 0 Å². The van der Waals surface area contributed by atoms with Crippen molar-refractivity contribution in [1.82, 2.24) is 4.98 Å². The van der Waals surface area contributed by atoms with Crippen LogP contribution >= 0.6 is 0 Å². The Morgan fingerprint density at radius 3 is 2.84 bits per heavy atom. The number of nitrogens with zero attached hydrogens (tertiary/aromatic N) is 2. The fourth-order valence-electron chi connectivity index (χ4n) is 1.78. The van der Waals surface area contributed by atoms with E-state index < -0.39 is 10.9 Å². The topological polar surface area (TPSA) is 105 Å². The van der Waals surface area contributed by atoms with E-state index in [1.807, 2.05) is 0 Å². The molecule has 0 amide bonds. The number of rotatable bonds is 5. The molecule has 0 spiro atoms. The van der Waals surface area contributed by atoms with Crippen LogP contribution in [0.15, 0.2) is 30.5 Å². The number of hydrogen-bond acceptors (Lipinski definition) is 5. The van der Waals surface area contributed by atoms with Crippen LogP contribution in [0, 0.1) is 10.1 Å². The van der Waals surface area contributed by atoms with Crippen molar-refractivity contribution in [2.75, 3.05) is 11.9 Å². The molecule has 2 aromatic rings. The molecule has 0 fully saturated rings. The lowest BCUT2D eigenvalue weighted by Crippen LogP contribution is -2.08. The Kier molecular flexibility index (Phi) is 3.56. The number of pyridine rings is 1. The summed E-state index contributed by atoms with van der Waals surface area (Å²) in [6, 6.07) is 6.27.